The van der Waals surface area contributed by atoms with Crippen LogP contribution in [0.4, 0.5) is 0 Å². The lowest BCUT2D eigenvalue weighted by Gasteiger charge is -2.06. The Hall–Kier alpha value is -1.20. The lowest BCUT2D eigenvalue weighted by molar-refractivity contribution is 0.337. The van der Waals surface area contributed by atoms with E-state index in [2.05, 4.69) is 33.8 Å². The van der Waals surface area contributed by atoms with Gasteiger partial charge < -0.3 is 9.84 Å². The van der Waals surface area contributed by atoms with Crippen molar-refractivity contribution >= 4 is 11.3 Å². The second-order valence-electron chi connectivity index (χ2n) is 3.98. The smallest absolute Gasteiger partial charge is 0.243 e. The Kier molecular flexibility index (Phi) is 4.28. The van der Waals surface area contributed by atoms with Gasteiger partial charge in [-0.25, -0.2) is 0 Å². The van der Waals surface area contributed by atoms with Crippen molar-refractivity contribution in [2.75, 3.05) is 6.54 Å². The highest BCUT2D eigenvalue weighted by molar-refractivity contribution is 7.09. The molecule has 17 heavy (non-hydrogen) atoms. The molecule has 0 aliphatic heterocycles. The molecule has 1 atom stereocenters. The van der Waals surface area contributed by atoms with Gasteiger partial charge in [-0.1, -0.05) is 18.1 Å². The highest BCUT2D eigenvalue weighted by Crippen LogP contribution is 2.15. The quantitative estimate of drug-likeness (QED) is 0.857. The highest BCUT2D eigenvalue weighted by atomic mass is 32.1. The summed E-state index contributed by atoms with van der Waals surface area (Å²) in [6.45, 7) is 5.14. The lowest BCUT2D eigenvalue weighted by Crippen LogP contribution is -2.19. The minimum absolute atomic E-state index is 0.125. The van der Waals surface area contributed by atoms with Gasteiger partial charge in [-0.2, -0.15) is 4.98 Å². The predicted molar refractivity (Wildman–Crippen MR) is 68.1 cm³/mol. The number of thiophene rings is 1. The molecule has 0 fully saturated rings. The summed E-state index contributed by atoms with van der Waals surface area (Å²) in [5.74, 6) is 1.43. The Balaban J connectivity index is 1.95. The molecule has 0 aliphatic carbocycles. The molecule has 1 N–H and O–H groups in total. The fourth-order valence-corrected chi connectivity index (χ4v) is 2.23. The first kappa shape index (κ1) is 12.3. The monoisotopic (exact) mass is 251 g/mol. The fraction of sp³-hybridized carbons (Fsp3) is 0.500. The van der Waals surface area contributed by atoms with Crippen LogP contribution in [0.5, 0.6) is 0 Å². The third-order valence-electron chi connectivity index (χ3n) is 2.47. The summed E-state index contributed by atoms with van der Waals surface area (Å²) < 4.78 is 5.25. The van der Waals surface area contributed by atoms with Gasteiger partial charge in [0.1, 0.15) is 0 Å². The average Bonchev–Trinajstić information content (AvgIpc) is 2.98. The molecule has 92 valence electrons. The number of hydrogen-bond acceptors (Lipinski definition) is 5. The SMILES string of the molecule is CCCNC(C)c1nc(Cc2cccs2)no1. The average molecular weight is 251 g/mol. The molecule has 5 heteroatoms. The Morgan fingerprint density at radius 1 is 1.53 bits per heavy atom. The molecule has 0 bridgehead atoms. The van der Waals surface area contributed by atoms with Crippen molar-refractivity contribution in [3.05, 3.63) is 34.1 Å². The number of nitrogens with one attached hydrogen (secondary N) is 1. The van der Waals surface area contributed by atoms with Crippen molar-refractivity contribution in [3.63, 3.8) is 0 Å². The van der Waals surface area contributed by atoms with Gasteiger partial charge in [0, 0.05) is 11.3 Å². The van der Waals surface area contributed by atoms with Crippen LogP contribution in [0.25, 0.3) is 0 Å². The third-order valence-corrected chi connectivity index (χ3v) is 3.34. The van der Waals surface area contributed by atoms with Crippen LogP contribution in [0, 0.1) is 0 Å². The molecule has 0 saturated heterocycles. The topological polar surface area (TPSA) is 51.0 Å². The van der Waals surface area contributed by atoms with Crippen molar-refractivity contribution in [3.8, 4) is 0 Å². The number of nitrogens with zero attached hydrogens (tertiary/aromatic N) is 2. The van der Waals surface area contributed by atoms with Crippen LogP contribution in [-0.4, -0.2) is 16.7 Å². The summed E-state index contributed by atoms with van der Waals surface area (Å²) in [5.41, 5.74) is 0. The van der Waals surface area contributed by atoms with Crippen LogP contribution in [0.15, 0.2) is 22.0 Å². The third kappa shape index (κ3) is 3.38. The van der Waals surface area contributed by atoms with Gasteiger partial charge in [0.15, 0.2) is 5.82 Å². The number of hydrogen-bond donors (Lipinski definition) is 1. The summed E-state index contributed by atoms with van der Waals surface area (Å²) in [6, 6.07) is 4.24. The second kappa shape index (κ2) is 5.93. The lowest BCUT2D eigenvalue weighted by atomic mass is 10.3. The molecule has 0 saturated carbocycles. The van der Waals surface area contributed by atoms with E-state index < -0.39 is 0 Å². The molecule has 0 amide bonds. The van der Waals surface area contributed by atoms with E-state index in [1.807, 2.05) is 13.0 Å². The van der Waals surface area contributed by atoms with Gasteiger partial charge in [-0.05, 0) is 31.3 Å². The summed E-state index contributed by atoms with van der Waals surface area (Å²) >= 11 is 1.71. The second-order valence-corrected chi connectivity index (χ2v) is 5.01. The van der Waals surface area contributed by atoms with E-state index in [1.54, 1.807) is 11.3 Å². The predicted octanol–water partition coefficient (Wildman–Crippen LogP) is 2.78. The van der Waals surface area contributed by atoms with E-state index in [0.29, 0.717) is 5.89 Å². The molecule has 0 radical (unpaired) electrons. The number of rotatable bonds is 6. The summed E-state index contributed by atoms with van der Waals surface area (Å²) in [7, 11) is 0. The van der Waals surface area contributed by atoms with Crippen molar-refractivity contribution < 1.29 is 4.52 Å². The molecule has 0 aliphatic rings. The van der Waals surface area contributed by atoms with Gasteiger partial charge in [0.25, 0.3) is 0 Å². The first-order valence-electron chi connectivity index (χ1n) is 5.88. The van der Waals surface area contributed by atoms with Crippen LogP contribution in [0.1, 0.15) is 42.9 Å². The Bertz CT molecular complexity index is 438. The summed E-state index contributed by atoms with van der Waals surface area (Å²) in [5, 5.41) is 9.39. The molecule has 0 spiro atoms. The highest BCUT2D eigenvalue weighted by Gasteiger charge is 2.13. The normalized spacial score (nSPS) is 12.8. The first-order chi connectivity index (χ1) is 8.29. The molecular weight excluding hydrogens is 234 g/mol. The largest absolute Gasteiger partial charge is 0.338 e. The van der Waals surface area contributed by atoms with Crippen molar-refractivity contribution in [1.82, 2.24) is 15.5 Å². The maximum Gasteiger partial charge on any atom is 0.243 e. The molecule has 0 aromatic carbocycles. The Morgan fingerprint density at radius 3 is 3.12 bits per heavy atom. The van der Waals surface area contributed by atoms with Crippen molar-refractivity contribution in [1.29, 1.82) is 0 Å². The van der Waals surface area contributed by atoms with Gasteiger partial charge in [0.2, 0.25) is 5.89 Å². The maximum atomic E-state index is 5.25. The summed E-state index contributed by atoms with van der Waals surface area (Å²) in [4.78, 5) is 5.66. The minimum atomic E-state index is 0.125. The fourth-order valence-electron chi connectivity index (χ4n) is 1.53. The van der Waals surface area contributed by atoms with Gasteiger partial charge in [-0.3, -0.25) is 0 Å². The van der Waals surface area contributed by atoms with Crippen LogP contribution in [-0.2, 0) is 6.42 Å². The standard InChI is InChI=1S/C12H17N3OS/c1-3-6-13-9(2)12-14-11(15-16-12)8-10-5-4-7-17-10/h4-5,7,9,13H,3,6,8H2,1-2H3. The zero-order chi connectivity index (χ0) is 12.1. The van der Waals surface area contributed by atoms with E-state index in [4.69, 9.17) is 4.52 Å². The summed E-state index contributed by atoms with van der Waals surface area (Å²) in [6.07, 6.45) is 1.85. The van der Waals surface area contributed by atoms with E-state index in [9.17, 15) is 0 Å². The van der Waals surface area contributed by atoms with Crippen LogP contribution < -0.4 is 5.32 Å². The van der Waals surface area contributed by atoms with E-state index in [1.165, 1.54) is 4.88 Å². The molecule has 2 aromatic heterocycles. The van der Waals surface area contributed by atoms with Crippen molar-refractivity contribution in [2.24, 2.45) is 0 Å². The van der Waals surface area contributed by atoms with Crippen LogP contribution in [0.2, 0.25) is 0 Å². The van der Waals surface area contributed by atoms with Crippen LogP contribution >= 0.6 is 11.3 Å². The maximum absolute atomic E-state index is 5.25. The first-order valence-corrected chi connectivity index (χ1v) is 6.75. The molecule has 4 nitrogen and oxygen atoms in total. The zero-order valence-corrected chi connectivity index (χ0v) is 11.0. The van der Waals surface area contributed by atoms with Crippen molar-refractivity contribution in [2.45, 2.75) is 32.7 Å². The van der Waals surface area contributed by atoms with Gasteiger partial charge >= 0.3 is 0 Å². The molecule has 2 heterocycles. The molecule has 2 aromatic rings. The molecule has 1 unspecified atom stereocenters. The van der Waals surface area contributed by atoms with E-state index >= 15 is 0 Å². The molecule has 2 rings (SSSR count). The Labute approximate surface area is 105 Å². The zero-order valence-electron chi connectivity index (χ0n) is 10.1. The van der Waals surface area contributed by atoms with Gasteiger partial charge in [0.05, 0.1) is 6.04 Å². The van der Waals surface area contributed by atoms with Crippen LogP contribution in [0.3, 0.4) is 0 Å². The van der Waals surface area contributed by atoms with E-state index in [0.717, 1.165) is 25.2 Å². The van der Waals surface area contributed by atoms with Gasteiger partial charge in [-0.15, -0.1) is 11.3 Å². The molecular formula is C12H17N3OS. The minimum Gasteiger partial charge on any atom is -0.338 e. The Morgan fingerprint density at radius 2 is 2.41 bits per heavy atom. The van der Waals surface area contributed by atoms with E-state index in [-0.39, 0.29) is 6.04 Å². The number of aromatic nitrogens is 2.